The topological polar surface area (TPSA) is 45.7 Å². The van der Waals surface area contributed by atoms with Gasteiger partial charge in [0.05, 0.1) is 16.8 Å². The van der Waals surface area contributed by atoms with Crippen molar-refractivity contribution in [2.45, 2.75) is 33.6 Å². The molecule has 0 atom stereocenters. The number of rotatable bonds is 9. The fraction of sp³-hybridized carbons (Fsp3) is 0.417. The van der Waals surface area contributed by atoms with Gasteiger partial charge in [0, 0.05) is 18.7 Å². The standard InChI is InChI=1S/C24H31N3O2S/c1-6-7-15-29-20-10-8-9-19(16-20)23(28)27(14-13-26(4)5)24-25-22-18(3)17(2)11-12-21(22)30-24/h8-12,16H,6-7,13-15H2,1-5H3. The lowest BCUT2D eigenvalue weighted by Crippen LogP contribution is -2.36. The minimum atomic E-state index is -0.0498. The monoisotopic (exact) mass is 425 g/mol. The zero-order valence-electron chi connectivity index (χ0n) is 18.6. The number of unbranched alkanes of at least 4 members (excludes halogenated alkanes) is 1. The van der Waals surface area contributed by atoms with Crippen LogP contribution in [0.15, 0.2) is 36.4 Å². The summed E-state index contributed by atoms with van der Waals surface area (Å²) in [5.74, 6) is 0.684. The number of thiazole rings is 1. The van der Waals surface area contributed by atoms with Crippen LogP contribution < -0.4 is 9.64 Å². The summed E-state index contributed by atoms with van der Waals surface area (Å²) in [5, 5.41) is 0.739. The molecule has 1 heterocycles. The van der Waals surface area contributed by atoms with E-state index in [1.165, 1.54) is 11.1 Å². The Bertz CT molecular complexity index is 1010. The molecule has 0 unspecified atom stereocenters. The van der Waals surface area contributed by atoms with Crippen molar-refractivity contribution in [1.82, 2.24) is 9.88 Å². The molecule has 0 bridgehead atoms. The van der Waals surface area contributed by atoms with E-state index in [2.05, 4.69) is 37.8 Å². The van der Waals surface area contributed by atoms with Crippen LogP contribution in [0.3, 0.4) is 0 Å². The van der Waals surface area contributed by atoms with Gasteiger partial charge in [-0.25, -0.2) is 4.98 Å². The number of amides is 1. The first-order valence-electron chi connectivity index (χ1n) is 10.5. The van der Waals surface area contributed by atoms with E-state index < -0.39 is 0 Å². The molecular formula is C24H31N3O2S. The molecule has 3 rings (SSSR count). The number of hydrogen-bond donors (Lipinski definition) is 0. The highest BCUT2D eigenvalue weighted by atomic mass is 32.1. The highest BCUT2D eigenvalue weighted by molar-refractivity contribution is 7.22. The Balaban J connectivity index is 1.93. The van der Waals surface area contributed by atoms with Crippen molar-refractivity contribution in [2.24, 2.45) is 0 Å². The maximum absolute atomic E-state index is 13.5. The number of benzene rings is 2. The second-order valence-corrected chi connectivity index (χ2v) is 8.85. The van der Waals surface area contributed by atoms with Gasteiger partial charge in [0.25, 0.3) is 5.91 Å². The molecule has 0 aliphatic carbocycles. The number of nitrogens with zero attached hydrogens (tertiary/aromatic N) is 3. The lowest BCUT2D eigenvalue weighted by atomic mass is 10.1. The van der Waals surface area contributed by atoms with Gasteiger partial charge < -0.3 is 9.64 Å². The van der Waals surface area contributed by atoms with E-state index in [-0.39, 0.29) is 5.91 Å². The maximum Gasteiger partial charge on any atom is 0.260 e. The van der Waals surface area contributed by atoms with Crippen LogP contribution in [0.2, 0.25) is 0 Å². The minimum absolute atomic E-state index is 0.0498. The molecule has 0 radical (unpaired) electrons. The van der Waals surface area contributed by atoms with E-state index >= 15 is 0 Å². The van der Waals surface area contributed by atoms with Gasteiger partial charge in [-0.3, -0.25) is 9.69 Å². The van der Waals surface area contributed by atoms with Gasteiger partial charge >= 0.3 is 0 Å². The second-order valence-electron chi connectivity index (χ2n) is 7.84. The molecule has 160 valence electrons. The summed E-state index contributed by atoms with van der Waals surface area (Å²) in [4.78, 5) is 22.2. The number of likely N-dealkylation sites (N-methyl/N-ethyl adjacent to an activating group) is 1. The predicted octanol–water partition coefficient (Wildman–Crippen LogP) is 5.30. The number of aryl methyl sites for hydroxylation is 2. The minimum Gasteiger partial charge on any atom is -0.494 e. The van der Waals surface area contributed by atoms with Gasteiger partial charge in [-0.15, -0.1) is 0 Å². The zero-order valence-corrected chi connectivity index (χ0v) is 19.4. The van der Waals surface area contributed by atoms with Crippen molar-refractivity contribution in [3.8, 4) is 5.75 Å². The average molecular weight is 426 g/mol. The van der Waals surface area contributed by atoms with Crippen LogP contribution in [0, 0.1) is 13.8 Å². The number of hydrogen-bond acceptors (Lipinski definition) is 5. The number of anilines is 1. The summed E-state index contributed by atoms with van der Waals surface area (Å²) >= 11 is 1.57. The molecule has 0 N–H and O–H groups in total. The molecule has 0 fully saturated rings. The average Bonchev–Trinajstić information content (AvgIpc) is 3.16. The molecule has 0 spiro atoms. The Hall–Kier alpha value is -2.44. The third-order valence-electron chi connectivity index (χ3n) is 5.17. The summed E-state index contributed by atoms with van der Waals surface area (Å²) < 4.78 is 6.91. The number of carbonyl (C=O) groups is 1. The Kier molecular flexibility index (Phi) is 7.45. The van der Waals surface area contributed by atoms with Crippen LogP contribution in [0.4, 0.5) is 5.13 Å². The highest BCUT2D eigenvalue weighted by Crippen LogP contribution is 2.32. The van der Waals surface area contributed by atoms with Crippen LogP contribution in [0.25, 0.3) is 10.2 Å². The third-order valence-corrected chi connectivity index (χ3v) is 6.21. The van der Waals surface area contributed by atoms with E-state index in [1.807, 2.05) is 38.4 Å². The molecule has 2 aromatic carbocycles. The van der Waals surface area contributed by atoms with Gasteiger partial charge in [0.2, 0.25) is 0 Å². The SMILES string of the molecule is CCCCOc1cccc(C(=O)N(CCN(C)C)c2nc3c(C)c(C)ccc3s2)c1. The highest BCUT2D eigenvalue weighted by Gasteiger charge is 2.22. The van der Waals surface area contributed by atoms with E-state index in [9.17, 15) is 4.79 Å². The maximum atomic E-state index is 13.5. The molecule has 0 saturated carbocycles. The molecule has 5 nitrogen and oxygen atoms in total. The lowest BCUT2D eigenvalue weighted by Gasteiger charge is -2.22. The van der Waals surface area contributed by atoms with Crippen molar-refractivity contribution in [1.29, 1.82) is 0 Å². The van der Waals surface area contributed by atoms with Crippen LogP contribution in [0.1, 0.15) is 41.3 Å². The fourth-order valence-corrected chi connectivity index (χ4v) is 4.17. The summed E-state index contributed by atoms with van der Waals surface area (Å²) in [5.41, 5.74) is 3.98. The summed E-state index contributed by atoms with van der Waals surface area (Å²) in [6.45, 7) is 8.30. The number of aromatic nitrogens is 1. The van der Waals surface area contributed by atoms with Gasteiger partial charge in [-0.1, -0.05) is 36.8 Å². The van der Waals surface area contributed by atoms with Crippen molar-refractivity contribution in [3.05, 3.63) is 53.1 Å². The first-order valence-corrected chi connectivity index (χ1v) is 11.3. The van der Waals surface area contributed by atoms with Crippen molar-refractivity contribution in [2.75, 3.05) is 38.7 Å². The summed E-state index contributed by atoms with van der Waals surface area (Å²) in [6, 6.07) is 11.7. The van der Waals surface area contributed by atoms with Crippen molar-refractivity contribution in [3.63, 3.8) is 0 Å². The number of fused-ring (bicyclic) bond motifs is 1. The van der Waals surface area contributed by atoms with E-state index in [4.69, 9.17) is 9.72 Å². The number of ether oxygens (including phenoxy) is 1. The van der Waals surface area contributed by atoms with E-state index in [1.54, 1.807) is 16.2 Å². The first-order chi connectivity index (χ1) is 14.4. The molecule has 6 heteroatoms. The van der Waals surface area contributed by atoms with E-state index in [0.29, 0.717) is 18.7 Å². The molecule has 0 saturated heterocycles. The summed E-state index contributed by atoms with van der Waals surface area (Å²) in [6.07, 6.45) is 2.07. The second kappa shape index (κ2) is 10.0. The molecule has 0 aliphatic heterocycles. The van der Waals surface area contributed by atoms with Crippen LogP contribution in [0.5, 0.6) is 5.75 Å². The molecule has 30 heavy (non-hydrogen) atoms. The molecule has 1 amide bonds. The summed E-state index contributed by atoms with van der Waals surface area (Å²) in [7, 11) is 4.02. The molecular weight excluding hydrogens is 394 g/mol. The van der Waals surface area contributed by atoms with Gasteiger partial charge in [-0.05, 0) is 69.8 Å². The fourth-order valence-electron chi connectivity index (χ4n) is 3.12. The zero-order chi connectivity index (χ0) is 21.7. The lowest BCUT2D eigenvalue weighted by molar-refractivity contribution is 0.0984. The van der Waals surface area contributed by atoms with Crippen LogP contribution >= 0.6 is 11.3 Å². The first kappa shape index (κ1) is 22.2. The van der Waals surface area contributed by atoms with Crippen molar-refractivity contribution >= 4 is 32.6 Å². The molecule has 1 aromatic heterocycles. The quantitative estimate of drug-likeness (QED) is 0.436. The Morgan fingerprint density at radius 2 is 1.93 bits per heavy atom. The van der Waals surface area contributed by atoms with Crippen LogP contribution in [-0.4, -0.2) is 49.6 Å². The Morgan fingerprint density at radius 1 is 1.13 bits per heavy atom. The molecule has 0 aliphatic rings. The predicted molar refractivity (Wildman–Crippen MR) is 126 cm³/mol. The van der Waals surface area contributed by atoms with E-state index in [0.717, 1.165) is 40.5 Å². The van der Waals surface area contributed by atoms with Gasteiger partial charge in [0.15, 0.2) is 5.13 Å². The Morgan fingerprint density at radius 3 is 2.67 bits per heavy atom. The smallest absolute Gasteiger partial charge is 0.260 e. The number of carbonyl (C=O) groups excluding carboxylic acids is 1. The largest absolute Gasteiger partial charge is 0.494 e. The third kappa shape index (κ3) is 5.18. The van der Waals surface area contributed by atoms with Gasteiger partial charge in [-0.2, -0.15) is 0 Å². The van der Waals surface area contributed by atoms with Gasteiger partial charge in [0.1, 0.15) is 5.75 Å². The molecule has 3 aromatic rings. The normalized spacial score (nSPS) is 11.3. The Labute approximate surface area is 183 Å². The van der Waals surface area contributed by atoms with Crippen molar-refractivity contribution < 1.29 is 9.53 Å². The van der Waals surface area contributed by atoms with Crippen LogP contribution in [-0.2, 0) is 0 Å².